The number of carbonyl (C=O) groups is 1. The predicted molar refractivity (Wildman–Crippen MR) is 95.4 cm³/mol. The summed E-state index contributed by atoms with van der Waals surface area (Å²) in [6.07, 6.45) is 5.21. The van der Waals surface area contributed by atoms with Crippen LogP contribution in [-0.2, 0) is 0 Å². The number of benzene rings is 1. The van der Waals surface area contributed by atoms with Crippen molar-refractivity contribution in [3.05, 3.63) is 29.3 Å². The maximum absolute atomic E-state index is 12.7. The molecule has 1 aliphatic rings. The lowest BCUT2D eigenvalue weighted by Gasteiger charge is -2.29. The first-order valence-corrected chi connectivity index (χ1v) is 9.09. The molecule has 3 nitrogen and oxygen atoms in total. The average Bonchev–Trinajstić information content (AvgIpc) is 2.55. The number of ketones is 1. The van der Waals surface area contributed by atoms with Crippen molar-refractivity contribution < 1.29 is 9.53 Å². The van der Waals surface area contributed by atoms with E-state index in [2.05, 4.69) is 18.7 Å². The second-order valence-corrected chi connectivity index (χ2v) is 6.90. The second-order valence-electron chi connectivity index (χ2n) is 6.90. The fraction of sp³-hybridized carbons (Fsp3) is 0.650. The number of piperidine rings is 1. The molecule has 0 aromatic heterocycles. The van der Waals surface area contributed by atoms with E-state index in [9.17, 15) is 4.79 Å². The SMILES string of the molecule is CCCCOc1ccc(C)cc1C(=O)CCN1CCC(C)CC1. The molecule has 3 heteroatoms. The molecule has 1 saturated heterocycles. The molecule has 0 N–H and O–H groups in total. The number of nitrogens with zero attached hydrogens (tertiary/aromatic N) is 1. The van der Waals surface area contributed by atoms with Crippen LogP contribution in [0.15, 0.2) is 18.2 Å². The molecule has 1 aromatic carbocycles. The second kappa shape index (κ2) is 9.07. The predicted octanol–water partition coefficient (Wildman–Crippen LogP) is 4.48. The summed E-state index contributed by atoms with van der Waals surface area (Å²) >= 11 is 0. The van der Waals surface area contributed by atoms with Crippen molar-refractivity contribution in [2.45, 2.75) is 52.9 Å². The normalized spacial score (nSPS) is 16.5. The Morgan fingerprint density at radius 2 is 2.04 bits per heavy atom. The lowest BCUT2D eigenvalue weighted by Crippen LogP contribution is -2.34. The zero-order valence-corrected chi connectivity index (χ0v) is 14.9. The fourth-order valence-electron chi connectivity index (χ4n) is 2.99. The standard InChI is InChI=1S/C20H31NO2/c1-4-5-14-23-20-7-6-17(3)15-18(20)19(22)10-13-21-11-8-16(2)9-12-21/h6-7,15-16H,4-5,8-14H2,1-3H3. The van der Waals surface area contributed by atoms with Gasteiger partial charge in [0.1, 0.15) is 5.75 Å². The van der Waals surface area contributed by atoms with Crippen molar-refractivity contribution in [1.29, 1.82) is 0 Å². The van der Waals surface area contributed by atoms with Crippen LogP contribution in [-0.4, -0.2) is 36.9 Å². The summed E-state index contributed by atoms with van der Waals surface area (Å²) in [5, 5.41) is 0. The zero-order valence-electron chi connectivity index (χ0n) is 14.9. The molecule has 0 saturated carbocycles. The van der Waals surface area contributed by atoms with Gasteiger partial charge in [0.15, 0.2) is 5.78 Å². The lowest BCUT2D eigenvalue weighted by molar-refractivity contribution is 0.0948. The van der Waals surface area contributed by atoms with Crippen molar-refractivity contribution in [1.82, 2.24) is 4.90 Å². The maximum atomic E-state index is 12.7. The number of hydrogen-bond acceptors (Lipinski definition) is 3. The van der Waals surface area contributed by atoms with Gasteiger partial charge in [-0.3, -0.25) is 4.79 Å². The van der Waals surface area contributed by atoms with Crippen molar-refractivity contribution in [2.75, 3.05) is 26.2 Å². The highest BCUT2D eigenvalue weighted by atomic mass is 16.5. The first kappa shape index (κ1) is 18.0. The van der Waals surface area contributed by atoms with Crippen LogP contribution in [0.1, 0.15) is 61.9 Å². The van der Waals surface area contributed by atoms with Gasteiger partial charge in [-0.15, -0.1) is 0 Å². The van der Waals surface area contributed by atoms with Crippen LogP contribution in [0, 0.1) is 12.8 Å². The zero-order chi connectivity index (χ0) is 16.7. The largest absolute Gasteiger partial charge is 0.493 e. The molecule has 1 heterocycles. The van der Waals surface area contributed by atoms with Gasteiger partial charge in [0, 0.05) is 13.0 Å². The van der Waals surface area contributed by atoms with Crippen LogP contribution in [0.3, 0.4) is 0 Å². The van der Waals surface area contributed by atoms with Crippen molar-refractivity contribution in [2.24, 2.45) is 5.92 Å². The van der Waals surface area contributed by atoms with E-state index in [4.69, 9.17) is 4.74 Å². The molecule has 1 aromatic rings. The highest BCUT2D eigenvalue weighted by molar-refractivity contribution is 5.99. The molecule has 0 unspecified atom stereocenters. The van der Waals surface area contributed by atoms with Gasteiger partial charge in [0.2, 0.25) is 0 Å². The Kier molecular flexibility index (Phi) is 7.10. The van der Waals surface area contributed by atoms with Gasteiger partial charge in [-0.2, -0.15) is 0 Å². The minimum absolute atomic E-state index is 0.207. The summed E-state index contributed by atoms with van der Waals surface area (Å²) in [6.45, 7) is 10.3. The Hall–Kier alpha value is -1.35. The molecule has 0 radical (unpaired) electrons. The van der Waals surface area contributed by atoms with E-state index < -0.39 is 0 Å². The van der Waals surface area contributed by atoms with Crippen LogP contribution in [0.2, 0.25) is 0 Å². The van der Waals surface area contributed by atoms with Gasteiger partial charge in [-0.1, -0.05) is 31.9 Å². The maximum Gasteiger partial charge on any atom is 0.167 e. The number of Topliss-reactive ketones (excluding diaryl/α,β-unsaturated/α-hetero) is 1. The molecule has 23 heavy (non-hydrogen) atoms. The Labute approximate surface area is 141 Å². The van der Waals surface area contributed by atoms with Crippen molar-refractivity contribution in [3.63, 3.8) is 0 Å². The first-order chi connectivity index (χ1) is 11.1. The minimum atomic E-state index is 0.207. The Bertz CT molecular complexity index is 504. The van der Waals surface area contributed by atoms with Crippen LogP contribution >= 0.6 is 0 Å². The van der Waals surface area contributed by atoms with E-state index in [0.717, 1.165) is 55.3 Å². The minimum Gasteiger partial charge on any atom is -0.493 e. The van der Waals surface area contributed by atoms with Crippen LogP contribution in [0.4, 0.5) is 0 Å². The summed E-state index contributed by atoms with van der Waals surface area (Å²) in [5.41, 5.74) is 1.87. The van der Waals surface area contributed by atoms with E-state index in [0.29, 0.717) is 13.0 Å². The number of unbranched alkanes of at least 4 members (excludes halogenated alkanes) is 1. The van der Waals surface area contributed by atoms with E-state index >= 15 is 0 Å². The molecule has 0 aliphatic carbocycles. The Morgan fingerprint density at radius 3 is 2.74 bits per heavy atom. The summed E-state index contributed by atoms with van der Waals surface area (Å²) in [6, 6.07) is 5.94. The van der Waals surface area contributed by atoms with Gasteiger partial charge in [-0.25, -0.2) is 0 Å². The van der Waals surface area contributed by atoms with Crippen molar-refractivity contribution >= 4 is 5.78 Å². The van der Waals surface area contributed by atoms with E-state index in [1.807, 2.05) is 25.1 Å². The number of carbonyl (C=O) groups excluding carboxylic acids is 1. The van der Waals surface area contributed by atoms with Gasteiger partial charge >= 0.3 is 0 Å². The molecule has 1 fully saturated rings. The third kappa shape index (κ3) is 5.65. The van der Waals surface area contributed by atoms with Crippen molar-refractivity contribution in [3.8, 4) is 5.75 Å². The summed E-state index contributed by atoms with van der Waals surface area (Å²) in [4.78, 5) is 15.1. The van der Waals surface area contributed by atoms with Crippen LogP contribution < -0.4 is 4.74 Å². The van der Waals surface area contributed by atoms with E-state index in [1.54, 1.807) is 0 Å². The quantitative estimate of drug-likeness (QED) is 0.523. The molecule has 0 amide bonds. The molecule has 0 bridgehead atoms. The molecular weight excluding hydrogens is 286 g/mol. The third-order valence-electron chi connectivity index (χ3n) is 4.72. The van der Waals surface area contributed by atoms with E-state index in [1.165, 1.54) is 12.8 Å². The van der Waals surface area contributed by atoms with Gasteiger partial charge in [0.25, 0.3) is 0 Å². The molecule has 0 spiro atoms. The van der Waals surface area contributed by atoms with Gasteiger partial charge in [-0.05, 0) is 57.3 Å². The monoisotopic (exact) mass is 317 g/mol. The smallest absolute Gasteiger partial charge is 0.167 e. The van der Waals surface area contributed by atoms with E-state index in [-0.39, 0.29) is 5.78 Å². The third-order valence-corrected chi connectivity index (χ3v) is 4.72. The Morgan fingerprint density at radius 1 is 1.30 bits per heavy atom. The fourth-order valence-corrected chi connectivity index (χ4v) is 2.99. The van der Waals surface area contributed by atoms with Crippen LogP contribution in [0.25, 0.3) is 0 Å². The summed E-state index contributed by atoms with van der Waals surface area (Å²) < 4.78 is 5.83. The van der Waals surface area contributed by atoms with Crippen LogP contribution in [0.5, 0.6) is 5.75 Å². The lowest BCUT2D eigenvalue weighted by atomic mass is 9.98. The number of hydrogen-bond donors (Lipinski definition) is 0. The number of aryl methyl sites for hydroxylation is 1. The topological polar surface area (TPSA) is 29.5 Å². The average molecular weight is 317 g/mol. The van der Waals surface area contributed by atoms with Gasteiger partial charge in [0.05, 0.1) is 12.2 Å². The number of likely N-dealkylation sites (tertiary alicyclic amines) is 1. The summed E-state index contributed by atoms with van der Waals surface area (Å²) in [5.74, 6) is 1.79. The van der Waals surface area contributed by atoms with Gasteiger partial charge < -0.3 is 9.64 Å². The number of ether oxygens (including phenoxy) is 1. The molecule has 0 atom stereocenters. The first-order valence-electron chi connectivity index (χ1n) is 9.09. The molecular formula is C20H31NO2. The molecule has 1 aliphatic heterocycles. The molecule has 128 valence electrons. The highest BCUT2D eigenvalue weighted by Crippen LogP contribution is 2.23. The number of rotatable bonds is 8. The highest BCUT2D eigenvalue weighted by Gasteiger charge is 2.18. The molecule has 2 rings (SSSR count). The summed E-state index contributed by atoms with van der Waals surface area (Å²) in [7, 11) is 0. The Balaban J connectivity index is 1.93.